The fourth-order valence-corrected chi connectivity index (χ4v) is 2.97. The van der Waals surface area contributed by atoms with Gasteiger partial charge in [0.15, 0.2) is 0 Å². The Bertz CT molecular complexity index is 451. The largest absolute Gasteiger partial charge is 0.339 e. The highest BCUT2D eigenvalue weighted by atomic mass is 35.5. The van der Waals surface area contributed by atoms with Crippen LogP contribution >= 0.6 is 12.4 Å². The summed E-state index contributed by atoms with van der Waals surface area (Å²) in [6.07, 6.45) is 3.50. The molecular weight excluding hydrogens is 296 g/mol. The fourth-order valence-electron chi connectivity index (χ4n) is 2.97. The lowest BCUT2D eigenvalue weighted by Crippen LogP contribution is -2.38. The highest BCUT2D eigenvalue weighted by Crippen LogP contribution is 2.22. The van der Waals surface area contributed by atoms with Crippen molar-refractivity contribution in [3.05, 3.63) is 35.4 Å². The van der Waals surface area contributed by atoms with Gasteiger partial charge in [-0.3, -0.25) is 4.79 Å². The van der Waals surface area contributed by atoms with E-state index in [0.29, 0.717) is 5.92 Å². The van der Waals surface area contributed by atoms with E-state index in [1.54, 1.807) is 0 Å². The minimum Gasteiger partial charge on any atom is -0.339 e. The summed E-state index contributed by atoms with van der Waals surface area (Å²) in [4.78, 5) is 14.5. The van der Waals surface area contributed by atoms with Crippen LogP contribution in [-0.2, 0) is 0 Å². The number of nitrogens with zero attached hydrogens (tertiary/aromatic N) is 1. The molecule has 2 rings (SSSR count). The molecule has 1 amide bonds. The summed E-state index contributed by atoms with van der Waals surface area (Å²) in [5.74, 6) is 1.47. The highest BCUT2D eigenvalue weighted by molar-refractivity contribution is 5.94. The maximum Gasteiger partial charge on any atom is 0.253 e. The summed E-state index contributed by atoms with van der Waals surface area (Å²) in [6.45, 7) is 7.23. The summed E-state index contributed by atoms with van der Waals surface area (Å²) in [5, 5.41) is 3.21. The first kappa shape index (κ1) is 19.0. The van der Waals surface area contributed by atoms with Crippen LogP contribution in [-0.4, -0.2) is 37.5 Å². The molecule has 4 heteroatoms. The monoisotopic (exact) mass is 324 g/mol. The molecule has 1 aliphatic rings. The number of rotatable bonds is 5. The standard InChI is InChI=1S/C18H28N2O.ClH/c1-14(2)16-4-6-17(7-5-16)18(21)20-12-9-15(10-13-20)8-11-19-3;/h4-7,14-15,19H,8-13H2,1-3H3;1H. The number of halogens is 1. The van der Waals surface area contributed by atoms with Crippen molar-refractivity contribution in [1.29, 1.82) is 0 Å². The van der Waals surface area contributed by atoms with Gasteiger partial charge in [0.05, 0.1) is 0 Å². The lowest BCUT2D eigenvalue weighted by atomic mass is 9.93. The molecule has 0 unspecified atom stereocenters. The van der Waals surface area contributed by atoms with Gasteiger partial charge in [-0.15, -0.1) is 12.4 Å². The number of hydrogen-bond donors (Lipinski definition) is 1. The Hall–Kier alpha value is -1.06. The van der Waals surface area contributed by atoms with E-state index in [2.05, 4.69) is 31.3 Å². The van der Waals surface area contributed by atoms with Crippen LogP contribution in [0.4, 0.5) is 0 Å². The van der Waals surface area contributed by atoms with Crippen molar-refractivity contribution >= 4 is 18.3 Å². The lowest BCUT2D eigenvalue weighted by Gasteiger charge is -2.32. The predicted molar refractivity (Wildman–Crippen MR) is 95.0 cm³/mol. The van der Waals surface area contributed by atoms with Crippen molar-refractivity contribution in [2.75, 3.05) is 26.7 Å². The maximum atomic E-state index is 12.5. The molecule has 0 saturated carbocycles. The summed E-state index contributed by atoms with van der Waals surface area (Å²) in [7, 11) is 2.00. The van der Waals surface area contributed by atoms with E-state index in [1.165, 1.54) is 12.0 Å². The Morgan fingerprint density at radius 2 is 1.82 bits per heavy atom. The van der Waals surface area contributed by atoms with E-state index in [0.717, 1.165) is 44.0 Å². The molecular formula is C18H29ClN2O. The van der Waals surface area contributed by atoms with Gasteiger partial charge in [-0.2, -0.15) is 0 Å². The average molecular weight is 325 g/mol. The van der Waals surface area contributed by atoms with Crippen molar-refractivity contribution < 1.29 is 4.79 Å². The number of piperidine rings is 1. The zero-order valence-electron chi connectivity index (χ0n) is 14.0. The minimum absolute atomic E-state index is 0. The molecule has 1 aromatic rings. The summed E-state index contributed by atoms with van der Waals surface area (Å²) < 4.78 is 0. The second kappa shape index (κ2) is 9.16. The van der Waals surface area contributed by atoms with Crippen molar-refractivity contribution in [1.82, 2.24) is 10.2 Å². The second-order valence-corrected chi connectivity index (χ2v) is 6.40. The third-order valence-electron chi connectivity index (χ3n) is 4.53. The molecule has 0 spiro atoms. The molecule has 22 heavy (non-hydrogen) atoms. The summed E-state index contributed by atoms with van der Waals surface area (Å²) in [6, 6.07) is 8.12. The number of likely N-dealkylation sites (tertiary alicyclic amines) is 1. The lowest BCUT2D eigenvalue weighted by molar-refractivity contribution is 0.0687. The van der Waals surface area contributed by atoms with E-state index in [-0.39, 0.29) is 18.3 Å². The van der Waals surface area contributed by atoms with E-state index in [4.69, 9.17) is 0 Å². The quantitative estimate of drug-likeness (QED) is 0.895. The van der Waals surface area contributed by atoms with Crippen molar-refractivity contribution in [2.24, 2.45) is 5.92 Å². The predicted octanol–water partition coefficient (Wildman–Crippen LogP) is 3.69. The Morgan fingerprint density at radius 1 is 1.23 bits per heavy atom. The topological polar surface area (TPSA) is 32.3 Å². The molecule has 1 heterocycles. The molecule has 0 radical (unpaired) electrons. The number of nitrogens with one attached hydrogen (secondary N) is 1. The first-order chi connectivity index (χ1) is 10.1. The zero-order chi connectivity index (χ0) is 15.2. The van der Waals surface area contributed by atoms with E-state index in [1.807, 2.05) is 24.1 Å². The molecule has 0 atom stereocenters. The van der Waals surface area contributed by atoms with Crippen molar-refractivity contribution in [3.63, 3.8) is 0 Å². The first-order valence-corrected chi connectivity index (χ1v) is 8.15. The van der Waals surface area contributed by atoms with Crippen LogP contribution in [0.2, 0.25) is 0 Å². The van der Waals surface area contributed by atoms with Gasteiger partial charge in [-0.1, -0.05) is 26.0 Å². The Kier molecular flexibility index (Phi) is 7.91. The van der Waals surface area contributed by atoms with E-state index < -0.39 is 0 Å². The van der Waals surface area contributed by atoms with Crippen molar-refractivity contribution in [2.45, 2.75) is 39.0 Å². The van der Waals surface area contributed by atoms with Crippen LogP contribution in [0.1, 0.15) is 54.9 Å². The Labute approximate surface area is 140 Å². The van der Waals surface area contributed by atoms with Gasteiger partial charge in [0.2, 0.25) is 0 Å². The Morgan fingerprint density at radius 3 is 2.32 bits per heavy atom. The molecule has 1 aromatic carbocycles. The third-order valence-corrected chi connectivity index (χ3v) is 4.53. The minimum atomic E-state index is 0. The molecule has 3 nitrogen and oxygen atoms in total. The molecule has 1 saturated heterocycles. The number of benzene rings is 1. The molecule has 0 aromatic heterocycles. The third kappa shape index (κ3) is 4.99. The second-order valence-electron chi connectivity index (χ2n) is 6.40. The number of carbonyl (C=O) groups excluding carboxylic acids is 1. The van der Waals surface area contributed by atoms with Gasteiger partial charge in [0, 0.05) is 18.7 Å². The number of hydrogen-bond acceptors (Lipinski definition) is 2. The van der Waals surface area contributed by atoms with Crippen LogP contribution in [0.5, 0.6) is 0 Å². The van der Waals surface area contributed by atoms with Crippen LogP contribution in [0.15, 0.2) is 24.3 Å². The number of amides is 1. The highest BCUT2D eigenvalue weighted by Gasteiger charge is 2.23. The van der Waals surface area contributed by atoms with Crippen LogP contribution in [0, 0.1) is 5.92 Å². The van der Waals surface area contributed by atoms with Gasteiger partial charge < -0.3 is 10.2 Å². The van der Waals surface area contributed by atoms with E-state index >= 15 is 0 Å². The Balaban J connectivity index is 0.00000242. The molecule has 0 aliphatic carbocycles. The normalized spacial score (nSPS) is 15.7. The van der Waals surface area contributed by atoms with Crippen LogP contribution < -0.4 is 5.32 Å². The molecule has 1 fully saturated rings. The van der Waals surface area contributed by atoms with Gasteiger partial charge >= 0.3 is 0 Å². The summed E-state index contributed by atoms with van der Waals surface area (Å²) >= 11 is 0. The van der Waals surface area contributed by atoms with E-state index in [9.17, 15) is 4.79 Å². The molecule has 1 N–H and O–H groups in total. The van der Waals surface area contributed by atoms with Gasteiger partial charge in [0.1, 0.15) is 0 Å². The fraction of sp³-hybridized carbons (Fsp3) is 0.611. The van der Waals surface area contributed by atoms with Gasteiger partial charge in [0.25, 0.3) is 5.91 Å². The first-order valence-electron chi connectivity index (χ1n) is 8.15. The maximum absolute atomic E-state index is 12.5. The summed E-state index contributed by atoms with van der Waals surface area (Å²) in [5.41, 5.74) is 2.12. The van der Waals surface area contributed by atoms with Gasteiger partial charge in [-0.05, 0) is 62.4 Å². The van der Waals surface area contributed by atoms with Crippen LogP contribution in [0.25, 0.3) is 0 Å². The van der Waals surface area contributed by atoms with Crippen LogP contribution in [0.3, 0.4) is 0 Å². The zero-order valence-corrected chi connectivity index (χ0v) is 14.8. The molecule has 0 bridgehead atoms. The van der Waals surface area contributed by atoms with Crippen molar-refractivity contribution in [3.8, 4) is 0 Å². The molecule has 124 valence electrons. The molecule has 1 aliphatic heterocycles. The smallest absolute Gasteiger partial charge is 0.253 e. The van der Waals surface area contributed by atoms with Gasteiger partial charge in [-0.25, -0.2) is 0 Å². The number of carbonyl (C=O) groups is 1. The SMILES string of the molecule is CNCCC1CCN(C(=O)c2ccc(C(C)C)cc2)CC1.Cl. The average Bonchev–Trinajstić information content (AvgIpc) is 2.53.